The van der Waals surface area contributed by atoms with Gasteiger partial charge in [0.1, 0.15) is 0 Å². The van der Waals surface area contributed by atoms with Crippen LogP contribution in [0.2, 0.25) is 0 Å². The molecule has 0 aromatic rings. The fourth-order valence-electron chi connectivity index (χ4n) is 0.260. The molecular weight excluding hydrogens is 222 g/mol. The van der Waals surface area contributed by atoms with Crippen LogP contribution in [0, 0.1) is 10.1 Å². The zero-order valence-corrected chi connectivity index (χ0v) is 7.96. The summed E-state index contributed by atoms with van der Waals surface area (Å²) in [5.74, 6) is -0.275. The number of nitrogens with zero attached hydrogens (tertiary/aromatic N) is 5. The van der Waals surface area contributed by atoms with E-state index < -0.39 is 5.09 Å². The Morgan fingerprint density at radius 1 is 1.06 bits per heavy atom. The quantitative estimate of drug-likeness (QED) is 0.148. The van der Waals surface area contributed by atoms with Crippen LogP contribution in [0.4, 0.5) is 0 Å². The molecule has 0 aromatic carbocycles. The molecule has 0 saturated heterocycles. The Kier molecular flexibility index (Phi) is 9.88. The highest BCUT2D eigenvalue weighted by Crippen LogP contribution is 1.67. The smallest absolute Gasteiger partial charge is 0.291 e. The third-order valence-electron chi connectivity index (χ3n) is 0.546. The zero-order valence-electron chi connectivity index (χ0n) is 7.96. The molecule has 0 radical (unpaired) electrons. The average molecular weight is 233 g/mol. The Labute approximate surface area is 89.1 Å². The summed E-state index contributed by atoms with van der Waals surface area (Å²) in [4.78, 5) is 8.36. The zero-order chi connectivity index (χ0) is 13.0. The molecular formula is C4H11N9O3. The molecule has 12 heteroatoms. The van der Waals surface area contributed by atoms with E-state index in [0.717, 1.165) is 0 Å². The molecule has 0 heterocycles. The molecule has 0 aliphatic rings. The Morgan fingerprint density at radius 3 is 1.50 bits per heavy atom. The van der Waals surface area contributed by atoms with Crippen molar-refractivity contribution in [1.82, 2.24) is 0 Å². The van der Waals surface area contributed by atoms with Gasteiger partial charge in [-0.05, 0) is 0 Å². The van der Waals surface area contributed by atoms with Gasteiger partial charge in [-0.1, -0.05) is 0 Å². The molecule has 0 fully saturated rings. The molecule has 0 unspecified atom stereocenters. The lowest BCUT2D eigenvalue weighted by Gasteiger charge is -1.81. The third-order valence-corrected chi connectivity index (χ3v) is 0.546. The van der Waals surface area contributed by atoms with Gasteiger partial charge in [0.15, 0.2) is 0 Å². The SMILES string of the molecule is NC(N)=N/N=C/C=N/N=C(N)N.O=[N+]([O-])O. The minimum atomic E-state index is -1.50. The summed E-state index contributed by atoms with van der Waals surface area (Å²) in [5.41, 5.74) is 19.8. The van der Waals surface area contributed by atoms with Crippen molar-refractivity contribution in [3.63, 3.8) is 0 Å². The van der Waals surface area contributed by atoms with Crippen molar-refractivity contribution >= 4 is 24.3 Å². The van der Waals surface area contributed by atoms with Gasteiger partial charge in [-0.3, -0.25) is 0 Å². The highest BCUT2D eigenvalue weighted by Gasteiger charge is 1.72. The maximum Gasteiger partial charge on any atom is 0.291 e. The van der Waals surface area contributed by atoms with Gasteiger partial charge in [0, 0.05) is 0 Å². The summed E-state index contributed by atoms with van der Waals surface area (Å²) in [6.45, 7) is 0. The van der Waals surface area contributed by atoms with Gasteiger partial charge in [0.25, 0.3) is 5.09 Å². The summed E-state index contributed by atoms with van der Waals surface area (Å²) < 4.78 is 0. The molecule has 0 rings (SSSR count). The molecule has 9 N–H and O–H groups in total. The molecule has 0 bridgehead atoms. The first-order valence-electron chi connectivity index (χ1n) is 3.42. The molecule has 0 amide bonds. The van der Waals surface area contributed by atoms with Crippen molar-refractivity contribution in [2.24, 2.45) is 43.3 Å². The van der Waals surface area contributed by atoms with Gasteiger partial charge in [0.2, 0.25) is 11.9 Å². The van der Waals surface area contributed by atoms with Crippen molar-refractivity contribution in [2.75, 3.05) is 0 Å². The van der Waals surface area contributed by atoms with E-state index in [-0.39, 0.29) is 11.9 Å². The normalized spacial score (nSPS) is 9.25. The van der Waals surface area contributed by atoms with Gasteiger partial charge in [0.05, 0.1) is 12.4 Å². The molecule has 16 heavy (non-hydrogen) atoms. The van der Waals surface area contributed by atoms with Crippen LogP contribution in [-0.2, 0) is 0 Å². The average Bonchev–Trinajstić information content (AvgIpc) is 2.09. The number of hydrogen-bond donors (Lipinski definition) is 5. The monoisotopic (exact) mass is 233 g/mol. The van der Waals surface area contributed by atoms with Crippen molar-refractivity contribution in [3.05, 3.63) is 10.1 Å². The second-order valence-corrected chi connectivity index (χ2v) is 1.82. The molecule has 90 valence electrons. The van der Waals surface area contributed by atoms with E-state index >= 15 is 0 Å². The number of hydrogen-bond acceptors (Lipinski definition) is 6. The first kappa shape index (κ1) is 15.5. The van der Waals surface area contributed by atoms with Crippen LogP contribution in [0.25, 0.3) is 0 Å². The summed E-state index contributed by atoms with van der Waals surface area (Å²) >= 11 is 0. The van der Waals surface area contributed by atoms with Gasteiger partial charge in [-0.15, -0.1) is 20.3 Å². The van der Waals surface area contributed by atoms with E-state index in [0.29, 0.717) is 0 Å². The van der Waals surface area contributed by atoms with Crippen molar-refractivity contribution < 1.29 is 10.3 Å². The largest absolute Gasteiger partial charge is 0.369 e. The molecule has 0 aliphatic heterocycles. The Bertz CT molecular complexity index is 281. The Balaban J connectivity index is 0. The van der Waals surface area contributed by atoms with Crippen LogP contribution >= 0.6 is 0 Å². The van der Waals surface area contributed by atoms with E-state index in [1.54, 1.807) is 0 Å². The maximum atomic E-state index is 8.36. The highest BCUT2D eigenvalue weighted by atomic mass is 16.9. The molecule has 0 saturated carbocycles. The predicted molar refractivity (Wildman–Crippen MR) is 57.4 cm³/mol. The van der Waals surface area contributed by atoms with Crippen molar-refractivity contribution in [3.8, 4) is 0 Å². The van der Waals surface area contributed by atoms with E-state index in [2.05, 4.69) is 20.4 Å². The van der Waals surface area contributed by atoms with E-state index in [1.807, 2.05) is 0 Å². The maximum absolute atomic E-state index is 8.36. The van der Waals surface area contributed by atoms with Crippen LogP contribution in [0.3, 0.4) is 0 Å². The Hall–Kier alpha value is -2.92. The van der Waals surface area contributed by atoms with Crippen molar-refractivity contribution in [2.45, 2.75) is 0 Å². The van der Waals surface area contributed by atoms with Gasteiger partial charge in [-0.25, -0.2) is 0 Å². The molecule has 12 nitrogen and oxygen atoms in total. The lowest BCUT2D eigenvalue weighted by Crippen LogP contribution is -2.22. The van der Waals surface area contributed by atoms with E-state index in [9.17, 15) is 0 Å². The van der Waals surface area contributed by atoms with Gasteiger partial charge in [-0.2, -0.15) is 10.2 Å². The number of nitrogens with two attached hydrogens (primary N) is 4. The van der Waals surface area contributed by atoms with Gasteiger partial charge < -0.3 is 28.1 Å². The van der Waals surface area contributed by atoms with Crippen LogP contribution in [0.15, 0.2) is 20.4 Å². The lowest BCUT2D eigenvalue weighted by molar-refractivity contribution is -0.742. The minimum Gasteiger partial charge on any atom is -0.369 e. The third kappa shape index (κ3) is 30.5. The van der Waals surface area contributed by atoms with Gasteiger partial charge >= 0.3 is 0 Å². The molecule has 0 aliphatic carbocycles. The van der Waals surface area contributed by atoms with Crippen LogP contribution in [-0.4, -0.2) is 34.6 Å². The van der Waals surface area contributed by atoms with E-state index in [1.165, 1.54) is 12.4 Å². The predicted octanol–water partition coefficient (Wildman–Crippen LogP) is -2.84. The summed E-state index contributed by atoms with van der Waals surface area (Å²) in [7, 11) is 0. The Morgan fingerprint density at radius 2 is 1.31 bits per heavy atom. The second-order valence-electron chi connectivity index (χ2n) is 1.82. The summed E-state index contributed by atoms with van der Waals surface area (Å²) in [6, 6.07) is 0. The molecule has 0 atom stereocenters. The van der Waals surface area contributed by atoms with Crippen LogP contribution in [0.1, 0.15) is 0 Å². The highest BCUT2D eigenvalue weighted by molar-refractivity contribution is 6.16. The standard InChI is InChI=1S/C4H10N8.HNO3/c5-3(6)11-9-1-2-10-12-4(7)8;2-1(3)4/h1-2H,(H4,5,6,11)(H4,7,8,12);(H,2,3,4)/b9-1+,10-2+;. The molecule has 0 spiro atoms. The summed E-state index contributed by atoms with van der Waals surface area (Å²) in [5, 5.41) is 27.0. The van der Waals surface area contributed by atoms with Crippen molar-refractivity contribution in [1.29, 1.82) is 0 Å². The van der Waals surface area contributed by atoms with Crippen LogP contribution < -0.4 is 22.9 Å². The first-order valence-corrected chi connectivity index (χ1v) is 3.42. The minimum absolute atomic E-state index is 0.138. The summed E-state index contributed by atoms with van der Waals surface area (Å²) in [6.07, 6.45) is 2.46. The van der Waals surface area contributed by atoms with E-state index in [4.69, 9.17) is 38.3 Å². The fourth-order valence-corrected chi connectivity index (χ4v) is 0.260. The number of rotatable bonds is 3. The molecule has 0 aromatic heterocycles. The first-order chi connectivity index (χ1) is 7.36. The number of guanidine groups is 2. The topological polar surface area (TPSA) is 217 Å². The fraction of sp³-hybridized carbons (Fsp3) is 0. The second kappa shape index (κ2) is 10.2. The lowest BCUT2D eigenvalue weighted by atomic mass is 10.8. The van der Waals surface area contributed by atoms with Crippen LogP contribution in [0.5, 0.6) is 0 Å².